The zero-order chi connectivity index (χ0) is 8.48. The Morgan fingerprint density at radius 2 is 1.58 bits per heavy atom. The smallest absolute Gasteiger partial charge is 0.123 e. The fraction of sp³-hybridized carbons (Fsp3) is 0.333. The zero-order valence-electron chi connectivity index (χ0n) is 7.17. The third kappa shape index (κ3) is 3.06. The predicted molar refractivity (Wildman–Crippen MR) is 59.0 cm³/mol. The lowest BCUT2D eigenvalue weighted by atomic mass is 9.96. The van der Waals surface area contributed by atoms with Gasteiger partial charge in [-0.2, -0.15) is 0 Å². The third-order valence-corrected chi connectivity index (χ3v) is 1.59. The van der Waals surface area contributed by atoms with Gasteiger partial charge in [0.15, 0.2) is 0 Å². The van der Waals surface area contributed by atoms with Gasteiger partial charge in [0.05, 0.1) is 0 Å². The second-order valence-electron chi connectivity index (χ2n) is 3.23. The van der Waals surface area contributed by atoms with E-state index in [2.05, 4.69) is 0 Å². The summed E-state index contributed by atoms with van der Waals surface area (Å²) in [7, 11) is 0. The van der Waals surface area contributed by atoms with E-state index in [0.29, 0.717) is 0 Å². The molecule has 68 valence electrons. The van der Waals surface area contributed by atoms with E-state index in [0.717, 1.165) is 5.56 Å². The van der Waals surface area contributed by atoms with Crippen molar-refractivity contribution in [2.24, 2.45) is 5.73 Å². The molecule has 1 rings (SSSR count). The van der Waals surface area contributed by atoms with Crippen LogP contribution in [-0.2, 0) is 5.54 Å². The molecular weight excluding hydrogens is 268 g/mol. The van der Waals surface area contributed by atoms with Gasteiger partial charge < -0.3 is 5.73 Å². The maximum absolute atomic E-state index is 12.4. The third-order valence-electron chi connectivity index (χ3n) is 1.59. The first-order chi connectivity index (χ1) is 5.00. The van der Waals surface area contributed by atoms with Gasteiger partial charge in [0.1, 0.15) is 5.82 Å². The van der Waals surface area contributed by atoms with Gasteiger partial charge in [-0.05, 0) is 31.5 Å². The summed E-state index contributed by atoms with van der Waals surface area (Å²) in [5.74, 6) is -0.224. The second-order valence-corrected chi connectivity index (χ2v) is 3.23. The monoisotopic (exact) mass is 281 g/mol. The van der Waals surface area contributed by atoms with Crippen molar-refractivity contribution in [3.8, 4) is 0 Å². The van der Waals surface area contributed by atoms with Gasteiger partial charge in [0, 0.05) is 5.54 Å². The average Bonchev–Trinajstić information content (AvgIpc) is 1.86. The van der Waals surface area contributed by atoms with Crippen molar-refractivity contribution in [3.63, 3.8) is 0 Å². The van der Waals surface area contributed by atoms with E-state index >= 15 is 0 Å². The summed E-state index contributed by atoms with van der Waals surface area (Å²) in [6.07, 6.45) is 0. The molecule has 12 heavy (non-hydrogen) atoms. The topological polar surface area (TPSA) is 26.0 Å². The number of benzene rings is 1. The highest BCUT2D eigenvalue weighted by Crippen LogP contribution is 2.16. The van der Waals surface area contributed by atoms with E-state index in [1.807, 2.05) is 13.8 Å². The summed E-state index contributed by atoms with van der Waals surface area (Å²) in [6.45, 7) is 3.78. The van der Waals surface area contributed by atoms with Crippen molar-refractivity contribution in [2.75, 3.05) is 0 Å². The first-order valence-electron chi connectivity index (χ1n) is 3.55. The highest BCUT2D eigenvalue weighted by Gasteiger charge is 2.12. The van der Waals surface area contributed by atoms with Gasteiger partial charge in [-0.1, -0.05) is 12.1 Å². The van der Waals surface area contributed by atoms with Gasteiger partial charge in [0.2, 0.25) is 0 Å². The number of rotatable bonds is 1. The Labute approximate surface area is 89.2 Å². The highest BCUT2D eigenvalue weighted by molar-refractivity contribution is 14.0. The minimum atomic E-state index is -0.381. The van der Waals surface area contributed by atoms with E-state index < -0.39 is 0 Å². The predicted octanol–water partition coefficient (Wildman–Crippen LogP) is 2.64. The molecule has 1 aromatic carbocycles. The van der Waals surface area contributed by atoms with E-state index in [9.17, 15) is 4.39 Å². The van der Waals surface area contributed by atoms with Crippen LogP contribution in [0.15, 0.2) is 24.3 Å². The molecule has 1 nitrogen and oxygen atoms in total. The quantitative estimate of drug-likeness (QED) is 0.787. The van der Waals surface area contributed by atoms with Crippen LogP contribution in [0, 0.1) is 5.82 Å². The number of hydrogen-bond acceptors (Lipinski definition) is 1. The van der Waals surface area contributed by atoms with E-state index in [1.165, 1.54) is 12.1 Å². The second kappa shape index (κ2) is 4.18. The number of hydrogen-bond donors (Lipinski definition) is 1. The highest BCUT2D eigenvalue weighted by atomic mass is 127. The van der Waals surface area contributed by atoms with Gasteiger partial charge in [0.25, 0.3) is 0 Å². The van der Waals surface area contributed by atoms with Gasteiger partial charge >= 0.3 is 0 Å². The van der Waals surface area contributed by atoms with Crippen molar-refractivity contribution < 1.29 is 4.39 Å². The molecule has 3 heteroatoms. The van der Waals surface area contributed by atoms with Crippen LogP contribution in [0.5, 0.6) is 0 Å². The SMILES string of the molecule is CC(C)(N)c1ccc(F)cc1.I. The molecule has 0 aromatic heterocycles. The van der Waals surface area contributed by atoms with Crippen molar-refractivity contribution in [1.82, 2.24) is 0 Å². The molecule has 0 radical (unpaired) electrons. The van der Waals surface area contributed by atoms with Crippen LogP contribution in [0.25, 0.3) is 0 Å². The molecule has 0 fully saturated rings. The fourth-order valence-corrected chi connectivity index (χ4v) is 0.879. The maximum Gasteiger partial charge on any atom is 0.123 e. The van der Waals surface area contributed by atoms with Crippen LogP contribution in [0.2, 0.25) is 0 Å². The lowest BCUT2D eigenvalue weighted by molar-refractivity contribution is 0.550. The Balaban J connectivity index is 0.00000121. The van der Waals surface area contributed by atoms with Crippen LogP contribution in [0.4, 0.5) is 4.39 Å². The maximum atomic E-state index is 12.4. The van der Waals surface area contributed by atoms with E-state index in [4.69, 9.17) is 5.73 Å². The minimum Gasteiger partial charge on any atom is -0.322 e. The van der Waals surface area contributed by atoms with Gasteiger partial charge in [-0.3, -0.25) is 0 Å². The summed E-state index contributed by atoms with van der Waals surface area (Å²) >= 11 is 0. The van der Waals surface area contributed by atoms with E-state index in [1.54, 1.807) is 12.1 Å². The summed E-state index contributed by atoms with van der Waals surface area (Å²) in [5.41, 5.74) is 6.35. The molecule has 0 aliphatic rings. The van der Waals surface area contributed by atoms with Crippen LogP contribution in [0.1, 0.15) is 19.4 Å². The lowest BCUT2D eigenvalue weighted by Gasteiger charge is -2.18. The molecule has 0 amide bonds. The normalized spacial score (nSPS) is 10.7. The minimum absolute atomic E-state index is 0. The Morgan fingerprint density at radius 3 is 1.92 bits per heavy atom. The van der Waals surface area contributed by atoms with Crippen molar-refractivity contribution in [2.45, 2.75) is 19.4 Å². The summed E-state index contributed by atoms with van der Waals surface area (Å²) < 4.78 is 12.4. The van der Waals surface area contributed by atoms with Crippen LogP contribution >= 0.6 is 24.0 Å². The van der Waals surface area contributed by atoms with E-state index in [-0.39, 0.29) is 35.3 Å². The molecule has 0 atom stereocenters. The Hall–Kier alpha value is -0.160. The van der Waals surface area contributed by atoms with Gasteiger partial charge in [-0.25, -0.2) is 4.39 Å². The molecule has 2 N–H and O–H groups in total. The van der Waals surface area contributed by atoms with Gasteiger partial charge in [-0.15, -0.1) is 24.0 Å². The standard InChI is InChI=1S/C9H12FN.HI/c1-9(2,11)7-3-5-8(10)6-4-7;/h3-6H,11H2,1-2H3;1H. The van der Waals surface area contributed by atoms with Crippen molar-refractivity contribution in [1.29, 1.82) is 0 Å². The van der Waals surface area contributed by atoms with Crippen LogP contribution in [-0.4, -0.2) is 0 Å². The van der Waals surface area contributed by atoms with Crippen LogP contribution < -0.4 is 5.73 Å². The molecule has 0 spiro atoms. The molecule has 0 unspecified atom stereocenters. The summed E-state index contributed by atoms with van der Waals surface area (Å²) in [6, 6.07) is 6.25. The molecular formula is C9H13FIN. The summed E-state index contributed by atoms with van der Waals surface area (Å²) in [4.78, 5) is 0. The molecule has 0 aliphatic heterocycles. The zero-order valence-corrected chi connectivity index (χ0v) is 9.50. The molecule has 0 saturated carbocycles. The fourth-order valence-electron chi connectivity index (χ4n) is 0.879. The largest absolute Gasteiger partial charge is 0.322 e. The van der Waals surface area contributed by atoms with Crippen molar-refractivity contribution >= 4 is 24.0 Å². The molecule has 0 heterocycles. The summed E-state index contributed by atoms with van der Waals surface area (Å²) in [5, 5.41) is 0. The molecule has 0 aliphatic carbocycles. The Bertz CT molecular complexity index is 238. The lowest BCUT2D eigenvalue weighted by Crippen LogP contribution is -2.28. The molecule has 0 bridgehead atoms. The molecule has 0 saturated heterocycles. The first kappa shape index (κ1) is 11.8. The van der Waals surface area contributed by atoms with Crippen molar-refractivity contribution in [3.05, 3.63) is 35.6 Å². The molecule has 1 aromatic rings. The average molecular weight is 281 g/mol. The first-order valence-corrected chi connectivity index (χ1v) is 3.55. The number of halogens is 2. The Morgan fingerprint density at radius 1 is 1.17 bits per heavy atom. The number of nitrogens with two attached hydrogens (primary N) is 1. The Kier molecular flexibility index (Phi) is 4.13. The van der Waals surface area contributed by atoms with Crippen LogP contribution in [0.3, 0.4) is 0 Å².